The highest BCUT2D eigenvalue weighted by Crippen LogP contribution is 2.29. The Morgan fingerprint density at radius 2 is 1.25 bits per heavy atom. The van der Waals surface area contributed by atoms with Crippen molar-refractivity contribution in [2.24, 2.45) is 5.92 Å². The van der Waals surface area contributed by atoms with Crippen LogP contribution in [0.15, 0.2) is 79.3 Å². The molecule has 3 aromatic heterocycles. The fourth-order valence-electron chi connectivity index (χ4n) is 4.58. The fraction of sp³-hybridized carbons (Fsp3) is 0.242. The van der Waals surface area contributed by atoms with Gasteiger partial charge < -0.3 is 0 Å². The molecule has 0 aliphatic heterocycles. The zero-order valence-corrected chi connectivity index (χ0v) is 23.2. The van der Waals surface area contributed by atoms with Crippen LogP contribution >= 0.6 is 0 Å². The second-order valence-corrected chi connectivity index (χ2v) is 10.5. The topological polar surface area (TPSA) is 101 Å². The first-order valence-corrected chi connectivity index (χ1v) is 13.5. The molecule has 40 heavy (non-hydrogen) atoms. The zero-order chi connectivity index (χ0) is 28.1. The summed E-state index contributed by atoms with van der Waals surface area (Å²) in [5, 5.41) is 9.55. The first-order chi connectivity index (χ1) is 19.4. The van der Waals surface area contributed by atoms with Gasteiger partial charge in [0, 0.05) is 30.6 Å². The van der Waals surface area contributed by atoms with Gasteiger partial charge in [-0.3, -0.25) is 0 Å². The van der Waals surface area contributed by atoms with Crippen molar-refractivity contribution < 1.29 is 0 Å². The van der Waals surface area contributed by atoms with E-state index in [0.717, 1.165) is 40.1 Å². The normalized spacial score (nSPS) is 11.1. The van der Waals surface area contributed by atoms with Crippen LogP contribution in [0.4, 0.5) is 0 Å². The van der Waals surface area contributed by atoms with Gasteiger partial charge in [-0.05, 0) is 23.8 Å². The third kappa shape index (κ3) is 5.92. The zero-order valence-electron chi connectivity index (χ0n) is 23.2. The van der Waals surface area contributed by atoms with Crippen molar-refractivity contribution >= 4 is 0 Å². The van der Waals surface area contributed by atoms with Crippen LogP contribution < -0.4 is 0 Å². The summed E-state index contributed by atoms with van der Waals surface area (Å²) >= 11 is 0. The number of benzene rings is 2. The van der Waals surface area contributed by atoms with Crippen LogP contribution in [0.25, 0.3) is 34.2 Å². The van der Waals surface area contributed by atoms with Crippen LogP contribution in [-0.2, 0) is 12.8 Å². The Bertz CT molecular complexity index is 1660. The Morgan fingerprint density at radius 3 is 1.90 bits per heavy atom. The molecule has 0 N–H and O–H groups in total. The van der Waals surface area contributed by atoms with Crippen molar-refractivity contribution in [2.75, 3.05) is 0 Å². The quantitative estimate of drug-likeness (QED) is 0.218. The number of aromatic nitrogens is 6. The smallest absolute Gasteiger partial charge is 0.162 e. The Morgan fingerprint density at radius 1 is 0.675 bits per heavy atom. The summed E-state index contributed by atoms with van der Waals surface area (Å²) in [7, 11) is 0. The van der Waals surface area contributed by atoms with Gasteiger partial charge in [-0.2, -0.15) is 5.26 Å². The van der Waals surface area contributed by atoms with E-state index in [2.05, 4.69) is 37.0 Å². The fourth-order valence-corrected chi connectivity index (χ4v) is 4.58. The molecule has 0 amide bonds. The summed E-state index contributed by atoms with van der Waals surface area (Å²) in [5.74, 6) is 2.24. The van der Waals surface area contributed by atoms with Gasteiger partial charge in [-0.1, -0.05) is 88.4 Å². The standard InChI is InChI=1S/C33H31N7/c1-21(2)15-28-26(19-36-31(38-28)24-13-9-6-10-14-24)32-37-20-27(29(39-32)16-23-11-7-5-8-12-23)33-35-18-25(17-34)30(40-33)22(3)4/h5-14,18-22H,15-16H2,1-4H3. The molecule has 0 spiro atoms. The van der Waals surface area contributed by atoms with Gasteiger partial charge in [0.05, 0.1) is 33.8 Å². The molecule has 0 aliphatic rings. The van der Waals surface area contributed by atoms with Gasteiger partial charge >= 0.3 is 0 Å². The van der Waals surface area contributed by atoms with Gasteiger partial charge in [-0.25, -0.2) is 29.9 Å². The number of nitriles is 1. The summed E-state index contributed by atoms with van der Waals surface area (Å²) in [6.45, 7) is 8.39. The van der Waals surface area contributed by atoms with Gasteiger partial charge in [0.25, 0.3) is 0 Å². The Kier molecular flexibility index (Phi) is 7.97. The minimum Gasteiger partial charge on any atom is -0.236 e. The summed E-state index contributed by atoms with van der Waals surface area (Å²) in [6, 6.07) is 22.4. The van der Waals surface area contributed by atoms with Gasteiger partial charge in [0.15, 0.2) is 17.5 Å². The van der Waals surface area contributed by atoms with Crippen LogP contribution in [0, 0.1) is 17.2 Å². The number of hydrogen-bond acceptors (Lipinski definition) is 7. The van der Waals surface area contributed by atoms with E-state index in [0.29, 0.717) is 41.1 Å². The second-order valence-electron chi connectivity index (χ2n) is 10.5. The lowest BCUT2D eigenvalue weighted by Crippen LogP contribution is -2.08. The van der Waals surface area contributed by atoms with Crippen molar-refractivity contribution in [1.29, 1.82) is 5.26 Å². The lowest BCUT2D eigenvalue weighted by Gasteiger charge is -2.15. The third-order valence-electron chi connectivity index (χ3n) is 6.55. The van der Waals surface area contributed by atoms with Crippen LogP contribution in [0.1, 0.15) is 61.8 Å². The third-order valence-corrected chi connectivity index (χ3v) is 6.55. The molecule has 7 nitrogen and oxygen atoms in total. The van der Waals surface area contributed by atoms with Crippen LogP contribution in [0.3, 0.4) is 0 Å². The summed E-state index contributed by atoms with van der Waals surface area (Å²) in [4.78, 5) is 28.8. The molecular weight excluding hydrogens is 494 g/mol. The van der Waals surface area contributed by atoms with E-state index in [1.165, 1.54) is 0 Å². The number of hydrogen-bond donors (Lipinski definition) is 0. The maximum absolute atomic E-state index is 9.55. The summed E-state index contributed by atoms with van der Waals surface area (Å²) in [5.41, 5.74) is 6.56. The molecule has 5 aromatic rings. The van der Waals surface area contributed by atoms with E-state index in [1.807, 2.05) is 68.6 Å². The molecule has 2 aromatic carbocycles. The second kappa shape index (κ2) is 11.9. The molecule has 0 saturated carbocycles. The molecule has 3 heterocycles. The van der Waals surface area contributed by atoms with Crippen LogP contribution in [0.2, 0.25) is 0 Å². The van der Waals surface area contributed by atoms with Crippen LogP contribution in [0.5, 0.6) is 0 Å². The maximum atomic E-state index is 9.55. The molecular formula is C33H31N7. The van der Waals surface area contributed by atoms with Crippen molar-refractivity contribution in [3.63, 3.8) is 0 Å². The molecule has 0 fully saturated rings. The first-order valence-electron chi connectivity index (χ1n) is 13.5. The molecule has 7 heteroatoms. The van der Waals surface area contributed by atoms with Crippen molar-refractivity contribution in [3.05, 3.63) is 107 Å². The van der Waals surface area contributed by atoms with E-state index >= 15 is 0 Å². The molecule has 0 aliphatic carbocycles. The highest BCUT2D eigenvalue weighted by molar-refractivity contribution is 5.65. The largest absolute Gasteiger partial charge is 0.236 e. The average Bonchev–Trinajstić information content (AvgIpc) is 2.97. The number of nitrogens with zero attached hydrogens (tertiary/aromatic N) is 7. The molecule has 0 saturated heterocycles. The van der Waals surface area contributed by atoms with E-state index in [1.54, 1.807) is 12.4 Å². The molecule has 0 radical (unpaired) electrons. The predicted octanol–water partition coefficient (Wildman–Crippen LogP) is 6.84. The maximum Gasteiger partial charge on any atom is 0.162 e. The monoisotopic (exact) mass is 525 g/mol. The van der Waals surface area contributed by atoms with Gasteiger partial charge in [0.2, 0.25) is 0 Å². The lowest BCUT2D eigenvalue weighted by molar-refractivity contribution is 0.635. The predicted molar refractivity (Wildman–Crippen MR) is 156 cm³/mol. The van der Waals surface area contributed by atoms with Gasteiger partial charge in [-0.15, -0.1) is 0 Å². The molecule has 0 bridgehead atoms. The minimum atomic E-state index is 0.0769. The van der Waals surface area contributed by atoms with Crippen molar-refractivity contribution in [2.45, 2.75) is 46.5 Å². The molecule has 0 unspecified atom stereocenters. The highest BCUT2D eigenvalue weighted by Gasteiger charge is 2.20. The van der Waals surface area contributed by atoms with Gasteiger partial charge in [0.1, 0.15) is 6.07 Å². The SMILES string of the molecule is CC(C)Cc1nc(-c2ccccc2)ncc1-c1ncc(-c2ncc(C#N)c(C(C)C)n2)c(Cc2ccccc2)n1. The Balaban J connectivity index is 1.64. The number of rotatable bonds is 8. The molecule has 5 rings (SSSR count). The van der Waals surface area contributed by atoms with E-state index in [9.17, 15) is 5.26 Å². The Hall–Kier alpha value is -4.83. The highest BCUT2D eigenvalue weighted by atomic mass is 15.0. The van der Waals surface area contributed by atoms with E-state index < -0.39 is 0 Å². The average molecular weight is 526 g/mol. The minimum absolute atomic E-state index is 0.0769. The molecule has 198 valence electrons. The summed E-state index contributed by atoms with van der Waals surface area (Å²) in [6.07, 6.45) is 6.57. The first kappa shape index (κ1) is 26.8. The van der Waals surface area contributed by atoms with Crippen molar-refractivity contribution in [1.82, 2.24) is 29.9 Å². The van der Waals surface area contributed by atoms with E-state index in [4.69, 9.17) is 24.9 Å². The Labute approximate surface area is 235 Å². The van der Waals surface area contributed by atoms with E-state index in [-0.39, 0.29) is 5.92 Å². The van der Waals surface area contributed by atoms with Crippen molar-refractivity contribution in [3.8, 4) is 40.2 Å². The lowest BCUT2D eigenvalue weighted by atomic mass is 10.0. The van der Waals surface area contributed by atoms with Crippen LogP contribution in [-0.4, -0.2) is 29.9 Å². The summed E-state index contributed by atoms with van der Waals surface area (Å²) < 4.78 is 0. The molecule has 0 atom stereocenters.